The fraction of sp³-hybridized carbons (Fsp3) is 0.333. The molecule has 0 saturated heterocycles. The fourth-order valence-electron chi connectivity index (χ4n) is 1.10. The van der Waals surface area contributed by atoms with Gasteiger partial charge in [0.25, 0.3) is 0 Å². The Balaban J connectivity index is 3.27. The van der Waals surface area contributed by atoms with Crippen molar-refractivity contribution in [3.8, 4) is 11.5 Å². The first kappa shape index (κ1) is 10.1. The Hall–Kier alpha value is -0.960. The summed E-state index contributed by atoms with van der Waals surface area (Å²) in [6.45, 7) is 0. The summed E-state index contributed by atoms with van der Waals surface area (Å²) in [7, 11) is 2.84. The van der Waals surface area contributed by atoms with Crippen LogP contribution < -0.4 is 9.47 Å². The van der Waals surface area contributed by atoms with Crippen molar-refractivity contribution in [2.24, 2.45) is 0 Å². The number of hydrogen-bond donors (Lipinski definition) is 0. The highest BCUT2D eigenvalue weighted by atomic mass is 35.5. The Kier molecular flexibility index (Phi) is 3.37. The van der Waals surface area contributed by atoms with E-state index in [-0.39, 0.29) is 11.6 Å². The van der Waals surface area contributed by atoms with Gasteiger partial charge in [-0.15, -0.1) is 11.6 Å². The molecule has 0 amide bonds. The van der Waals surface area contributed by atoms with Crippen molar-refractivity contribution in [3.63, 3.8) is 0 Å². The van der Waals surface area contributed by atoms with E-state index in [4.69, 9.17) is 21.1 Å². The lowest BCUT2D eigenvalue weighted by molar-refractivity contribution is 0.335. The van der Waals surface area contributed by atoms with Gasteiger partial charge in [-0.1, -0.05) is 6.07 Å². The molecular formula is C9H10ClFO2. The summed E-state index contributed by atoms with van der Waals surface area (Å²) in [6.07, 6.45) is 0. The SMILES string of the molecule is COc1c(F)ccc(CCl)c1OC. The number of halogens is 2. The van der Waals surface area contributed by atoms with Crippen LogP contribution in [0.25, 0.3) is 0 Å². The number of ether oxygens (including phenoxy) is 2. The predicted molar refractivity (Wildman–Crippen MR) is 49.1 cm³/mol. The fourth-order valence-corrected chi connectivity index (χ4v) is 1.31. The molecule has 0 fully saturated rings. The molecule has 0 spiro atoms. The molecule has 0 aromatic heterocycles. The Morgan fingerprint density at radius 1 is 1.23 bits per heavy atom. The quantitative estimate of drug-likeness (QED) is 0.705. The van der Waals surface area contributed by atoms with Crippen LogP contribution in [0.15, 0.2) is 12.1 Å². The highest BCUT2D eigenvalue weighted by Gasteiger charge is 2.13. The lowest BCUT2D eigenvalue weighted by Gasteiger charge is -2.11. The van der Waals surface area contributed by atoms with Crippen LogP contribution in [0.5, 0.6) is 11.5 Å². The van der Waals surface area contributed by atoms with Gasteiger partial charge in [0.05, 0.1) is 20.1 Å². The molecule has 0 heterocycles. The van der Waals surface area contributed by atoms with Crippen LogP contribution in [0.3, 0.4) is 0 Å². The predicted octanol–water partition coefficient (Wildman–Crippen LogP) is 2.58. The third-order valence-corrected chi connectivity index (χ3v) is 1.99. The number of methoxy groups -OCH3 is 2. The van der Waals surface area contributed by atoms with Crippen LogP contribution in [0.4, 0.5) is 4.39 Å². The topological polar surface area (TPSA) is 18.5 Å². The van der Waals surface area contributed by atoms with Crippen LogP contribution in [-0.4, -0.2) is 14.2 Å². The normalized spacial score (nSPS) is 9.85. The van der Waals surface area contributed by atoms with Crippen molar-refractivity contribution in [1.82, 2.24) is 0 Å². The highest BCUT2D eigenvalue weighted by Crippen LogP contribution is 2.34. The molecule has 1 rings (SSSR count). The third kappa shape index (κ3) is 1.86. The zero-order chi connectivity index (χ0) is 9.84. The van der Waals surface area contributed by atoms with E-state index in [2.05, 4.69) is 0 Å². The van der Waals surface area contributed by atoms with Crippen molar-refractivity contribution < 1.29 is 13.9 Å². The average molecular weight is 205 g/mol. The number of hydrogen-bond acceptors (Lipinski definition) is 2. The van der Waals surface area contributed by atoms with E-state index >= 15 is 0 Å². The van der Waals surface area contributed by atoms with Crippen LogP contribution in [0, 0.1) is 5.82 Å². The Morgan fingerprint density at radius 2 is 1.85 bits per heavy atom. The first-order valence-corrected chi connectivity index (χ1v) is 4.23. The molecule has 0 unspecified atom stereocenters. The zero-order valence-electron chi connectivity index (χ0n) is 7.43. The second-order valence-corrected chi connectivity index (χ2v) is 2.67. The standard InChI is InChI=1S/C9H10ClFO2/c1-12-8-6(5-10)3-4-7(11)9(8)13-2/h3-4H,5H2,1-2H3. The van der Waals surface area contributed by atoms with E-state index in [1.165, 1.54) is 20.3 Å². The highest BCUT2D eigenvalue weighted by molar-refractivity contribution is 6.17. The average Bonchev–Trinajstić information content (AvgIpc) is 2.17. The summed E-state index contributed by atoms with van der Waals surface area (Å²) in [5, 5.41) is 0. The van der Waals surface area contributed by atoms with Crippen LogP contribution in [-0.2, 0) is 5.88 Å². The Morgan fingerprint density at radius 3 is 2.31 bits per heavy atom. The number of benzene rings is 1. The number of alkyl halides is 1. The smallest absolute Gasteiger partial charge is 0.197 e. The lowest BCUT2D eigenvalue weighted by atomic mass is 10.2. The lowest BCUT2D eigenvalue weighted by Crippen LogP contribution is -1.97. The van der Waals surface area contributed by atoms with E-state index in [9.17, 15) is 4.39 Å². The summed E-state index contributed by atoms with van der Waals surface area (Å²) >= 11 is 5.63. The molecule has 0 N–H and O–H groups in total. The molecule has 0 aliphatic heterocycles. The van der Waals surface area contributed by atoms with Gasteiger partial charge in [-0.05, 0) is 6.07 Å². The van der Waals surface area contributed by atoms with Gasteiger partial charge in [0.15, 0.2) is 17.3 Å². The van der Waals surface area contributed by atoms with E-state index in [1.807, 2.05) is 0 Å². The maximum atomic E-state index is 13.1. The molecule has 2 nitrogen and oxygen atoms in total. The van der Waals surface area contributed by atoms with E-state index in [1.54, 1.807) is 6.07 Å². The maximum Gasteiger partial charge on any atom is 0.197 e. The van der Waals surface area contributed by atoms with Crippen LogP contribution in [0.2, 0.25) is 0 Å². The molecule has 0 saturated carbocycles. The summed E-state index contributed by atoms with van der Waals surface area (Å²) in [5.74, 6) is 0.270. The summed E-state index contributed by atoms with van der Waals surface area (Å²) in [5.41, 5.74) is 0.711. The molecule has 4 heteroatoms. The molecule has 1 aromatic carbocycles. The largest absolute Gasteiger partial charge is 0.492 e. The second-order valence-electron chi connectivity index (χ2n) is 2.41. The molecular weight excluding hydrogens is 195 g/mol. The van der Waals surface area contributed by atoms with Crippen molar-refractivity contribution in [3.05, 3.63) is 23.5 Å². The van der Waals surface area contributed by atoms with Gasteiger partial charge in [0.2, 0.25) is 0 Å². The Labute approximate surface area is 81.2 Å². The van der Waals surface area contributed by atoms with Gasteiger partial charge in [0, 0.05) is 5.56 Å². The summed E-state index contributed by atoms with van der Waals surface area (Å²) in [6, 6.07) is 2.88. The minimum Gasteiger partial charge on any atom is -0.492 e. The monoisotopic (exact) mass is 204 g/mol. The van der Waals surface area contributed by atoms with E-state index in [0.29, 0.717) is 11.3 Å². The maximum absolute atomic E-state index is 13.1. The van der Waals surface area contributed by atoms with Crippen LogP contribution in [0.1, 0.15) is 5.56 Å². The van der Waals surface area contributed by atoms with E-state index < -0.39 is 5.82 Å². The van der Waals surface area contributed by atoms with Gasteiger partial charge in [0.1, 0.15) is 0 Å². The van der Waals surface area contributed by atoms with Crippen molar-refractivity contribution in [2.75, 3.05) is 14.2 Å². The zero-order valence-corrected chi connectivity index (χ0v) is 8.19. The van der Waals surface area contributed by atoms with Gasteiger partial charge in [-0.3, -0.25) is 0 Å². The van der Waals surface area contributed by atoms with Crippen molar-refractivity contribution in [2.45, 2.75) is 5.88 Å². The van der Waals surface area contributed by atoms with Gasteiger partial charge >= 0.3 is 0 Å². The van der Waals surface area contributed by atoms with Crippen molar-refractivity contribution >= 4 is 11.6 Å². The minimum absolute atomic E-state index is 0.0978. The molecule has 0 aliphatic carbocycles. The number of rotatable bonds is 3. The molecule has 72 valence electrons. The minimum atomic E-state index is -0.451. The van der Waals surface area contributed by atoms with Crippen molar-refractivity contribution in [1.29, 1.82) is 0 Å². The Bertz CT molecular complexity index is 302. The molecule has 0 radical (unpaired) electrons. The van der Waals surface area contributed by atoms with Gasteiger partial charge in [-0.25, -0.2) is 4.39 Å². The molecule has 0 atom stereocenters. The molecule has 1 aromatic rings. The second kappa shape index (κ2) is 4.33. The molecule has 13 heavy (non-hydrogen) atoms. The summed E-state index contributed by atoms with van der Waals surface area (Å²) < 4.78 is 22.9. The van der Waals surface area contributed by atoms with Gasteiger partial charge < -0.3 is 9.47 Å². The van der Waals surface area contributed by atoms with E-state index in [0.717, 1.165) is 0 Å². The van der Waals surface area contributed by atoms with Gasteiger partial charge in [-0.2, -0.15) is 0 Å². The molecule has 0 bridgehead atoms. The van der Waals surface area contributed by atoms with Crippen LogP contribution >= 0.6 is 11.6 Å². The molecule has 0 aliphatic rings. The third-order valence-electron chi connectivity index (χ3n) is 1.70. The first-order valence-electron chi connectivity index (χ1n) is 3.70. The first-order chi connectivity index (χ1) is 6.24. The summed E-state index contributed by atoms with van der Waals surface area (Å²) in [4.78, 5) is 0.